The smallest absolute Gasteiger partial charge is 0.266 e. The number of thioether (sulfide) groups is 1. The van der Waals surface area contributed by atoms with E-state index in [1.54, 1.807) is 6.08 Å². The molecule has 0 atom stereocenters. The molecule has 7 heteroatoms. The van der Waals surface area contributed by atoms with Gasteiger partial charge >= 0.3 is 0 Å². The van der Waals surface area contributed by atoms with Crippen molar-refractivity contribution in [2.45, 2.75) is 6.54 Å². The molecule has 1 saturated heterocycles. The van der Waals surface area contributed by atoms with Crippen LogP contribution in [0.4, 0.5) is 0 Å². The molecule has 0 unspecified atom stereocenters. The van der Waals surface area contributed by atoms with Crippen LogP contribution >= 0.6 is 39.9 Å². The second kappa shape index (κ2) is 8.62. The van der Waals surface area contributed by atoms with Crippen molar-refractivity contribution in [2.24, 2.45) is 0 Å². The highest BCUT2D eigenvalue weighted by Gasteiger charge is 2.33. The Morgan fingerprint density at radius 1 is 1.19 bits per heavy atom. The number of hydrogen-bond donors (Lipinski definition) is 1. The Hall–Kier alpha value is -1.96. The average Bonchev–Trinajstić information content (AvgIpc) is 2.88. The Labute approximate surface area is 169 Å². The summed E-state index contributed by atoms with van der Waals surface area (Å²) in [6, 6.07) is 17.2. The number of hydrogen-bond acceptors (Lipinski definition) is 4. The minimum Gasteiger partial charge on any atom is -0.350 e. The van der Waals surface area contributed by atoms with Crippen molar-refractivity contribution in [1.82, 2.24) is 10.2 Å². The predicted molar refractivity (Wildman–Crippen MR) is 112 cm³/mol. The third kappa shape index (κ3) is 4.81. The largest absolute Gasteiger partial charge is 0.350 e. The van der Waals surface area contributed by atoms with Gasteiger partial charge in [0.2, 0.25) is 5.91 Å². The third-order valence-corrected chi connectivity index (χ3v) is 5.53. The van der Waals surface area contributed by atoms with Gasteiger partial charge in [-0.25, -0.2) is 0 Å². The van der Waals surface area contributed by atoms with Crippen LogP contribution in [0.1, 0.15) is 11.1 Å². The van der Waals surface area contributed by atoms with Gasteiger partial charge in [0.1, 0.15) is 10.9 Å². The van der Waals surface area contributed by atoms with Crippen molar-refractivity contribution >= 4 is 62.1 Å². The Kier molecular flexibility index (Phi) is 6.24. The molecule has 0 radical (unpaired) electrons. The van der Waals surface area contributed by atoms with Crippen LogP contribution in [-0.2, 0) is 16.1 Å². The Balaban J connectivity index is 1.62. The van der Waals surface area contributed by atoms with Crippen LogP contribution in [0.3, 0.4) is 0 Å². The Morgan fingerprint density at radius 2 is 1.96 bits per heavy atom. The highest BCUT2D eigenvalue weighted by atomic mass is 79.9. The number of rotatable bonds is 5. The van der Waals surface area contributed by atoms with E-state index >= 15 is 0 Å². The fourth-order valence-electron chi connectivity index (χ4n) is 2.38. The number of thiocarbonyl (C=S) groups is 1. The van der Waals surface area contributed by atoms with E-state index in [2.05, 4.69) is 21.2 Å². The van der Waals surface area contributed by atoms with E-state index in [0.717, 1.165) is 15.6 Å². The molecule has 1 N–H and O–H groups in total. The summed E-state index contributed by atoms with van der Waals surface area (Å²) in [4.78, 5) is 26.6. The zero-order valence-corrected chi connectivity index (χ0v) is 16.9. The number of amides is 2. The molecule has 2 amide bonds. The molecule has 0 bridgehead atoms. The quantitative estimate of drug-likeness (QED) is 0.557. The summed E-state index contributed by atoms with van der Waals surface area (Å²) in [6.45, 7) is 0.343. The van der Waals surface area contributed by atoms with Crippen LogP contribution in [0.15, 0.2) is 64.0 Å². The molecule has 1 fully saturated rings. The van der Waals surface area contributed by atoms with Gasteiger partial charge in [-0.1, -0.05) is 82.4 Å². The molecule has 0 aliphatic carbocycles. The maximum absolute atomic E-state index is 12.6. The average molecular weight is 447 g/mol. The first-order chi connectivity index (χ1) is 12.5. The minimum absolute atomic E-state index is 0.0761. The second-order valence-electron chi connectivity index (χ2n) is 5.59. The number of nitrogens with one attached hydrogen (secondary N) is 1. The van der Waals surface area contributed by atoms with Crippen molar-refractivity contribution < 1.29 is 9.59 Å². The second-order valence-corrected chi connectivity index (χ2v) is 8.18. The van der Waals surface area contributed by atoms with E-state index in [4.69, 9.17) is 12.2 Å². The van der Waals surface area contributed by atoms with E-state index < -0.39 is 0 Å². The summed E-state index contributed by atoms with van der Waals surface area (Å²) >= 11 is 9.89. The Morgan fingerprint density at radius 3 is 2.69 bits per heavy atom. The van der Waals surface area contributed by atoms with Gasteiger partial charge in [0.25, 0.3) is 5.91 Å². The van der Waals surface area contributed by atoms with E-state index in [1.807, 2.05) is 54.6 Å². The number of carbonyl (C=O) groups excluding carboxylic acids is 2. The first kappa shape index (κ1) is 18.8. The first-order valence-electron chi connectivity index (χ1n) is 7.84. The summed E-state index contributed by atoms with van der Waals surface area (Å²) in [5.74, 6) is -0.483. The van der Waals surface area contributed by atoms with Gasteiger partial charge in [0.15, 0.2) is 0 Å². The zero-order chi connectivity index (χ0) is 18.5. The number of carbonyl (C=O) groups is 2. The van der Waals surface area contributed by atoms with Crippen LogP contribution in [0.25, 0.3) is 6.08 Å². The zero-order valence-electron chi connectivity index (χ0n) is 13.6. The van der Waals surface area contributed by atoms with Crippen LogP contribution in [0.2, 0.25) is 0 Å². The lowest BCUT2D eigenvalue weighted by molar-refractivity contribution is -0.128. The van der Waals surface area contributed by atoms with Crippen molar-refractivity contribution in [3.8, 4) is 0 Å². The number of benzene rings is 2. The molecule has 0 saturated carbocycles. The SMILES string of the molecule is O=C(CN1C(=O)/C(=C/c2cccc(Br)c2)SC1=S)NCc1ccccc1. The number of halogens is 1. The molecule has 0 aromatic heterocycles. The molecule has 1 aliphatic heterocycles. The maximum atomic E-state index is 12.6. The summed E-state index contributed by atoms with van der Waals surface area (Å²) < 4.78 is 1.33. The van der Waals surface area contributed by atoms with Gasteiger partial charge in [-0.2, -0.15) is 0 Å². The van der Waals surface area contributed by atoms with Crippen molar-refractivity contribution in [3.63, 3.8) is 0 Å². The Bertz CT molecular complexity index is 884. The van der Waals surface area contributed by atoms with Gasteiger partial charge in [-0.3, -0.25) is 14.5 Å². The van der Waals surface area contributed by atoms with Crippen LogP contribution < -0.4 is 5.32 Å². The fraction of sp³-hybridized carbons (Fsp3) is 0.105. The molecule has 4 nitrogen and oxygen atoms in total. The molecule has 2 aromatic rings. The first-order valence-corrected chi connectivity index (χ1v) is 9.86. The summed E-state index contributed by atoms with van der Waals surface area (Å²) in [7, 11) is 0. The maximum Gasteiger partial charge on any atom is 0.266 e. The molecule has 26 heavy (non-hydrogen) atoms. The summed E-state index contributed by atoms with van der Waals surface area (Å²) in [5.41, 5.74) is 1.90. The highest BCUT2D eigenvalue weighted by Crippen LogP contribution is 2.32. The van der Waals surface area contributed by atoms with Gasteiger partial charge < -0.3 is 5.32 Å². The van der Waals surface area contributed by atoms with Crippen molar-refractivity contribution in [3.05, 3.63) is 75.1 Å². The molecule has 2 aromatic carbocycles. The summed E-state index contributed by atoms with van der Waals surface area (Å²) in [6.07, 6.45) is 1.78. The van der Waals surface area contributed by atoms with E-state index in [9.17, 15) is 9.59 Å². The lowest BCUT2D eigenvalue weighted by Gasteiger charge is -2.14. The monoisotopic (exact) mass is 446 g/mol. The van der Waals surface area contributed by atoms with Crippen LogP contribution in [0.5, 0.6) is 0 Å². The third-order valence-electron chi connectivity index (χ3n) is 3.65. The van der Waals surface area contributed by atoms with Crippen LogP contribution in [0, 0.1) is 0 Å². The van der Waals surface area contributed by atoms with E-state index in [0.29, 0.717) is 15.8 Å². The minimum atomic E-state index is -0.242. The van der Waals surface area contributed by atoms with Crippen molar-refractivity contribution in [1.29, 1.82) is 0 Å². The normalized spacial score (nSPS) is 15.6. The fourth-order valence-corrected chi connectivity index (χ4v) is 4.05. The van der Waals surface area contributed by atoms with Gasteiger partial charge in [0, 0.05) is 11.0 Å². The molecule has 0 spiro atoms. The molecular weight excluding hydrogens is 432 g/mol. The molecule has 3 rings (SSSR count). The topological polar surface area (TPSA) is 49.4 Å². The lowest BCUT2D eigenvalue weighted by atomic mass is 10.2. The van der Waals surface area contributed by atoms with Gasteiger partial charge in [-0.15, -0.1) is 0 Å². The summed E-state index contributed by atoms with van der Waals surface area (Å²) in [5, 5.41) is 2.81. The van der Waals surface area contributed by atoms with Gasteiger partial charge in [-0.05, 0) is 29.3 Å². The van der Waals surface area contributed by atoms with E-state index in [1.165, 1.54) is 16.7 Å². The van der Waals surface area contributed by atoms with Crippen LogP contribution in [-0.4, -0.2) is 27.6 Å². The predicted octanol–water partition coefficient (Wildman–Crippen LogP) is 3.97. The highest BCUT2D eigenvalue weighted by molar-refractivity contribution is 9.10. The number of nitrogens with zero attached hydrogens (tertiary/aromatic N) is 1. The standard InChI is InChI=1S/C19H15BrN2O2S2/c20-15-8-4-7-14(9-15)10-16-18(24)22(19(25)26-16)12-17(23)21-11-13-5-2-1-3-6-13/h1-10H,11-12H2,(H,21,23)/b16-10-. The van der Waals surface area contributed by atoms with E-state index in [-0.39, 0.29) is 18.4 Å². The van der Waals surface area contributed by atoms with Crippen molar-refractivity contribution in [2.75, 3.05) is 6.54 Å². The van der Waals surface area contributed by atoms with Gasteiger partial charge in [0.05, 0.1) is 4.91 Å². The molecule has 132 valence electrons. The molecular formula is C19H15BrN2O2S2. The lowest BCUT2D eigenvalue weighted by Crippen LogP contribution is -2.39. The molecule has 1 heterocycles. The molecule has 1 aliphatic rings.